The Balaban J connectivity index is 1.53. The largest absolute Gasteiger partial charge is 0.507 e. The first-order valence-corrected chi connectivity index (χ1v) is 15.5. The highest BCUT2D eigenvalue weighted by Gasteiger charge is 2.26. The maximum atomic E-state index is 12.8. The van der Waals surface area contributed by atoms with E-state index in [-0.39, 0.29) is 27.9 Å². The van der Waals surface area contributed by atoms with E-state index >= 15 is 0 Å². The van der Waals surface area contributed by atoms with Crippen LogP contribution in [-0.4, -0.2) is 37.7 Å². The molecule has 8 heteroatoms. The molecule has 4 aromatic rings. The van der Waals surface area contributed by atoms with Gasteiger partial charge in [0.1, 0.15) is 5.75 Å². The molecule has 0 unspecified atom stereocenters. The summed E-state index contributed by atoms with van der Waals surface area (Å²) < 4.78 is 1.98. The molecule has 0 atom stereocenters. The summed E-state index contributed by atoms with van der Waals surface area (Å²) in [6.07, 6.45) is 1.62. The summed E-state index contributed by atoms with van der Waals surface area (Å²) >= 11 is 1.30. The molecule has 7 nitrogen and oxygen atoms in total. The minimum atomic E-state index is -0.259. The lowest BCUT2D eigenvalue weighted by molar-refractivity contribution is -0.118. The molecule has 0 fully saturated rings. The highest BCUT2D eigenvalue weighted by molar-refractivity contribution is 7.99. The van der Waals surface area contributed by atoms with E-state index in [1.807, 2.05) is 47.0 Å². The maximum absolute atomic E-state index is 12.8. The number of para-hydroxylation sites is 1. The summed E-state index contributed by atoms with van der Waals surface area (Å²) in [7, 11) is 0. The Hall–Kier alpha value is -3.91. The van der Waals surface area contributed by atoms with E-state index in [0.717, 1.165) is 27.9 Å². The fraction of sp³-hybridized carbons (Fsp3) is 0.371. The first-order valence-electron chi connectivity index (χ1n) is 14.5. The van der Waals surface area contributed by atoms with Crippen molar-refractivity contribution < 1.29 is 9.90 Å². The van der Waals surface area contributed by atoms with E-state index in [0.29, 0.717) is 16.7 Å². The number of aromatic hydroxyl groups is 1. The number of carbonyl (C=O) groups is 1. The summed E-state index contributed by atoms with van der Waals surface area (Å²) in [6, 6.07) is 22.1. The van der Waals surface area contributed by atoms with Crippen molar-refractivity contribution in [1.29, 1.82) is 0 Å². The summed E-state index contributed by atoms with van der Waals surface area (Å²) in [5.41, 5.74) is 7.78. The zero-order valence-electron chi connectivity index (χ0n) is 26.7. The van der Waals surface area contributed by atoms with Gasteiger partial charge in [-0.2, -0.15) is 5.10 Å². The maximum Gasteiger partial charge on any atom is 0.250 e. The normalized spacial score (nSPS) is 12.6. The molecule has 0 bridgehead atoms. The van der Waals surface area contributed by atoms with Gasteiger partial charge in [0.2, 0.25) is 0 Å². The summed E-state index contributed by atoms with van der Waals surface area (Å²) in [5.74, 6) is 0.876. The molecule has 4 rings (SSSR count). The van der Waals surface area contributed by atoms with Gasteiger partial charge >= 0.3 is 0 Å². The smallest absolute Gasteiger partial charge is 0.250 e. The van der Waals surface area contributed by atoms with Gasteiger partial charge in [-0.15, -0.1) is 10.2 Å². The van der Waals surface area contributed by atoms with Crippen molar-refractivity contribution in [1.82, 2.24) is 20.2 Å². The average Bonchev–Trinajstić information content (AvgIpc) is 3.35. The van der Waals surface area contributed by atoms with Crippen molar-refractivity contribution in [2.45, 2.75) is 83.7 Å². The molecule has 0 aliphatic carbocycles. The number of hydrogen-bond donors (Lipinski definition) is 2. The Bertz CT molecular complexity index is 1570. The van der Waals surface area contributed by atoms with E-state index in [1.165, 1.54) is 17.3 Å². The molecule has 2 N–H and O–H groups in total. The summed E-state index contributed by atoms with van der Waals surface area (Å²) in [5, 5.41) is 24.8. The number of hydrogen-bond acceptors (Lipinski definition) is 6. The second-order valence-corrected chi connectivity index (χ2v) is 14.8. The monoisotopic (exact) mass is 597 g/mol. The third kappa shape index (κ3) is 7.73. The van der Waals surface area contributed by atoms with Crippen LogP contribution in [0.5, 0.6) is 5.75 Å². The van der Waals surface area contributed by atoms with Gasteiger partial charge in [-0.1, -0.05) is 117 Å². The van der Waals surface area contributed by atoms with Gasteiger partial charge in [-0.3, -0.25) is 9.36 Å². The molecular weight excluding hydrogens is 554 g/mol. The number of aromatic nitrogens is 3. The molecule has 226 valence electrons. The number of phenolic OH excluding ortho intramolecular Hbond substituents is 1. The molecule has 0 radical (unpaired) electrons. The van der Waals surface area contributed by atoms with Gasteiger partial charge in [-0.25, -0.2) is 5.43 Å². The van der Waals surface area contributed by atoms with Crippen molar-refractivity contribution in [3.05, 3.63) is 89.0 Å². The molecule has 1 amide bonds. The molecule has 0 saturated heterocycles. The SMILES string of the molecule is CC(C)(C)c1ccc(-c2nnc(SCC(=O)N/N=C/c3cc(C(C)(C)C)c(O)c(C(C)(C)C)c3)n2-c2ccccc2)cc1. The van der Waals surface area contributed by atoms with E-state index in [1.54, 1.807) is 6.21 Å². The fourth-order valence-electron chi connectivity index (χ4n) is 4.70. The van der Waals surface area contributed by atoms with Crippen LogP contribution in [0.3, 0.4) is 0 Å². The van der Waals surface area contributed by atoms with Gasteiger partial charge < -0.3 is 5.11 Å². The fourth-order valence-corrected chi connectivity index (χ4v) is 5.44. The second-order valence-electron chi connectivity index (χ2n) is 13.9. The number of nitrogens with zero attached hydrogens (tertiary/aromatic N) is 4. The summed E-state index contributed by atoms with van der Waals surface area (Å²) in [6.45, 7) is 19.0. The predicted molar refractivity (Wildman–Crippen MR) is 177 cm³/mol. The second kappa shape index (κ2) is 12.4. The van der Waals surface area contributed by atoms with Crippen molar-refractivity contribution in [2.75, 3.05) is 5.75 Å². The van der Waals surface area contributed by atoms with E-state index in [9.17, 15) is 9.90 Å². The molecule has 43 heavy (non-hydrogen) atoms. The molecule has 0 aliphatic rings. The molecule has 0 spiro atoms. The van der Waals surface area contributed by atoms with Crippen LogP contribution in [-0.2, 0) is 21.0 Å². The Morgan fingerprint density at radius 3 is 1.98 bits per heavy atom. The Morgan fingerprint density at radius 2 is 1.44 bits per heavy atom. The molecular formula is C35H43N5O2S. The van der Waals surface area contributed by atoms with Crippen LogP contribution < -0.4 is 5.43 Å². The lowest BCUT2D eigenvalue weighted by Crippen LogP contribution is -2.20. The third-order valence-electron chi connectivity index (χ3n) is 7.14. The topological polar surface area (TPSA) is 92.4 Å². The van der Waals surface area contributed by atoms with Crippen LogP contribution in [0.15, 0.2) is 77.0 Å². The van der Waals surface area contributed by atoms with Crippen LogP contribution in [0.4, 0.5) is 0 Å². The number of nitrogens with one attached hydrogen (secondary N) is 1. The van der Waals surface area contributed by atoms with E-state index < -0.39 is 0 Å². The standard InChI is InChI=1S/C35H43N5O2S/c1-33(2,3)25-17-15-24(16-18-25)31-38-39-32(40(31)26-13-11-10-12-14-26)43-22-29(41)37-36-21-23-19-27(34(4,5)6)30(42)28(20-23)35(7,8)9/h10-21,42H,22H2,1-9H3,(H,37,41)/b36-21+. The number of carbonyl (C=O) groups excluding carboxylic acids is 1. The molecule has 0 aliphatic heterocycles. The quantitative estimate of drug-likeness (QED) is 0.129. The van der Waals surface area contributed by atoms with Crippen molar-refractivity contribution in [3.8, 4) is 22.8 Å². The minimum Gasteiger partial charge on any atom is -0.507 e. The van der Waals surface area contributed by atoms with Crippen LogP contribution >= 0.6 is 11.8 Å². The highest BCUT2D eigenvalue weighted by atomic mass is 32.2. The third-order valence-corrected chi connectivity index (χ3v) is 8.07. The predicted octanol–water partition coefficient (Wildman–Crippen LogP) is 7.77. The first kappa shape index (κ1) is 32.0. The van der Waals surface area contributed by atoms with Crippen LogP contribution in [0.1, 0.15) is 84.6 Å². The zero-order valence-corrected chi connectivity index (χ0v) is 27.5. The summed E-state index contributed by atoms with van der Waals surface area (Å²) in [4.78, 5) is 12.8. The number of rotatable bonds is 7. The molecule has 3 aromatic carbocycles. The van der Waals surface area contributed by atoms with Crippen LogP contribution in [0.25, 0.3) is 17.1 Å². The van der Waals surface area contributed by atoms with Gasteiger partial charge in [0, 0.05) is 22.4 Å². The molecule has 0 saturated carbocycles. The van der Waals surface area contributed by atoms with E-state index in [2.05, 4.69) is 107 Å². The van der Waals surface area contributed by atoms with Gasteiger partial charge in [0.05, 0.1) is 12.0 Å². The average molecular weight is 598 g/mol. The van der Waals surface area contributed by atoms with Crippen LogP contribution in [0.2, 0.25) is 0 Å². The van der Waals surface area contributed by atoms with Crippen LogP contribution in [0, 0.1) is 0 Å². The Morgan fingerprint density at radius 1 is 0.860 bits per heavy atom. The molecule has 1 aromatic heterocycles. The van der Waals surface area contributed by atoms with Gasteiger partial charge in [-0.05, 0) is 51.6 Å². The van der Waals surface area contributed by atoms with Gasteiger partial charge in [0.25, 0.3) is 5.91 Å². The number of amides is 1. The number of thioether (sulfide) groups is 1. The number of hydrazone groups is 1. The zero-order chi connectivity index (χ0) is 31.6. The Labute approximate surface area is 259 Å². The Kier molecular flexibility index (Phi) is 9.21. The highest BCUT2D eigenvalue weighted by Crippen LogP contribution is 2.39. The lowest BCUT2D eigenvalue weighted by Gasteiger charge is -2.27. The number of benzene rings is 3. The lowest BCUT2D eigenvalue weighted by atomic mass is 9.78. The van der Waals surface area contributed by atoms with Crippen molar-refractivity contribution >= 4 is 23.9 Å². The van der Waals surface area contributed by atoms with Gasteiger partial charge in [0.15, 0.2) is 11.0 Å². The number of phenols is 1. The van der Waals surface area contributed by atoms with Crippen molar-refractivity contribution in [3.63, 3.8) is 0 Å². The molecule has 1 heterocycles. The van der Waals surface area contributed by atoms with E-state index in [4.69, 9.17) is 0 Å². The van der Waals surface area contributed by atoms with Crippen molar-refractivity contribution in [2.24, 2.45) is 5.10 Å². The first-order chi connectivity index (χ1) is 20.1. The minimum absolute atomic E-state index is 0.0501.